The van der Waals surface area contributed by atoms with Crippen molar-refractivity contribution in [3.63, 3.8) is 0 Å². The van der Waals surface area contributed by atoms with E-state index in [0.717, 1.165) is 49.2 Å². The maximum absolute atomic E-state index is 12.4. The summed E-state index contributed by atoms with van der Waals surface area (Å²) < 4.78 is 17.1. The zero-order chi connectivity index (χ0) is 24.7. The third kappa shape index (κ3) is 9.58. The molecule has 0 saturated heterocycles. The van der Waals surface area contributed by atoms with Crippen LogP contribution in [0.2, 0.25) is 0 Å². The molecule has 0 bridgehead atoms. The minimum atomic E-state index is -0.375. The van der Waals surface area contributed by atoms with Crippen molar-refractivity contribution in [3.05, 3.63) is 54.1 Å². The number of hydrogen-bond donors (Lipinski definition) is 0. The molecule has 0 spiro atoms. The van der Waals surface area contributed by atoms with Gasteiger partial charge in [0.05, 0.1) is 18.8 Å². The van der Waals surface area contributed by atoms with Gasteiger partial charge in [0.2, 0.25) is 0 Å². The number of benzene rings is 2. The third-order valence-corrected chi connectivity index (χ3v) is 7.12. The Morgan fingerprint density at radius 3 is 1.80 bits per heavy atom. The molecule has 1 aliphatic rings. The third-order valence-electron chi connectivity index (χ3n) is 7.12. The summed E-state index contributed by atoms with van der Waals surface area (Å²) in [7, 11) is 0. The van der Waals surface area contributed by atoms with Crippen LogP contribution in [-0.4, -0.2) is 19.2 Å². The van der Waals surface area contributed by atoms with Crippen LogP contribution in [0.1, 0.15) is 101 Å². The van der Waals surface area contributed by atoms with Crippen LogP contribution >= 0.6 is 0 Å². The Labute approximate surface area is 212 Å². The fraction of sp³-hybridized carbons (Fsp3) is 0.581. The Morgan fingerprint density at radius 2 is 1.20 bits per heavy atom. The lowest BCUT2D eigenvalue weighted by atomic mass is 9.74. The van der Waals surface area contributed by atoms with E-state index in [1.54, 1.807) is 24.3 Å². The van der Waals surface area contributed by atoms with Gasteiger partial charge < -0.3 is 14.2 Å². The highest BCUT2D eigenvalue weighted by Gasteiger charge is 2.24. The summed E-state index contributed by atoms with van der Waals surface area (Å²) in [6.45, 7) is 5.85. The van der Waals surface area contributed by atoms with Gasteiger partial charge in [-0.05, 0) is 79.6 Å². The zero-order valence-corrected chi connectivity index (χ0v) is 21.8. The first-order valence-electron chi connectivity index (χ1n) is 13.9. The molecule has 2 atom stereocenters. The first-order chi connectivity index (χ1) is 17.2. The van der Waals surface area contributed by atoms with Crippen LogP contribution in [0.4, 0.5) is 0 Å². The van der Waals surface area contributed by atoms with Crippen LogP contribution in [0.15, 0.2) is 48.5 Å². The quantitative estimate of drug-likeness (QED) is 0.145. The van der Waals surface area contributed by atoms with Gasteiger partial charge in [0.15, 0.2) is 0 Å². The van der Waals surface area contributed by atoms with Crippen LogP contribution in [0.25, 0.3) is 0 Å². The predicted octanol–water partition coefficient (Wildman–Crippen LogP) is 8.63. The van der Waals surface area contributed by atoms with Gasteiger partial charge in [0.1, 0.15) is 17.2 Å². The maximum atomic E-state index is 12.4. The number of rotatable bonds is 15. The molecule has 4 heteroatoms. The van der Waals surface area contributed by atoms with Gasteiger partial charge in [0, 0.05) is 0 Å². The largest absolute Gasteiger partial charge is 0.494 e. The van der Waals surface area contributed by atoms with Gasteiger partial charge >= 0.3 is 5.97 Å². The van der Waals surface area contributed by atoms with E-state index < -0.39 is 0 Å². The smallest absolute Gasteiger partial charge is 0.343 e. The van der Waals surface area contributed by atoms with Crippen molar-refractivity contribution < 1.29 is 19.0 Å². The number of carbonyl (C=O) groups is 1. The van der Waals surface area contributed by atoms with Gasteiger partial charge in [-0.3, -0.25) is 0 Å². The van der Waals surface area contributed by atoms with Crippen LogP contribution < -0.4 is 14.2 Å². The van der Waals surface area contributed by atoms with Crippen molar-refractivity contribution in [2.24, 2.45) is 11.8 Å². The predicted molar refractivity (Wildman–Crippen MR) is 143 cm³/mol. The molecule has 2 aromatic carbocycles. The van der Waals surface area contributed by atoms with Crippen molar-refractivity contribution in [3.8, 4) is 17.2 Å². The maximum Gasteiger partial charge on any atom is 0.343 e. The standard InChI is InChI=1S/C31H44O4/c1-3-5-7-11-25-12-8-9-13-26(25)14-10-24-34-29-19-21-30(22-20-29)35-31(32)27-15-17-28(18-16-27)33-23-6-4-2/h15-22,25-26H,3-14,23-24H2,1-2H3. The molecule has 1 fully saturated rings. The molecule has 2 unspecified atom stereocenters. The lowest BCUT2D eigenvalue weighted by Crippen LogP contribution is -2.20. The van der Waals surface area contributed by atoms with Crippen molar-refractivity contribution in [1.29, 1.82) is 0 Å². The summed E-state index contributed by atoms with van der Waals surface area (Å²) in [6.07, 6.45) is 15.6. The average Bonchev–Trinajstić information content (AvgIpc) is 2.89. The second-order valence-electron chi connectivity index (χ2n) is 9.88. The summed E-state index contributed by atoms with van der Waals surface area (Å²) >= 11 is 0. The molecule has 0 aliphatic heterocycles. The van der Waals surface area contributed by atoms with E-state index >= 15 is 0 Å². The van der Waals surface area contributed by atoms with Crippen molar-refractivity contribution >= 4 is 5.97 Å². The van der Waals surface area contributed by atoms with E-state index in [9.17, 15) is 4.79 Å². The van der Waals surface area contributed by atoms with Crippen molar-refractivity contribution in [2.45, 2.75) is 90.9 Å². The Balaban J connectivity index is 1.37. The van der Waals surface area contributed by atoms with Crippen molar-refractivity contribution in [1.82, 2.24) is 0 Å². The molecule has 0 aromatic heterocycles. The van der Waals surface area contributed by atoms with Crippen LogP contribution in [0.5, 0.6) is 17.2 Å². The lowest BCUT2D eigenvalue weighted by Gasteiger charge is -2.31. The summed E-state index contributed by atoms with van der Waals surface area (Å²) in [5, 5.41) is 0. The van der Waals surface area contributed by atoms with Gasteiger partial charge in [-0.1, -0.05) is 71.6 Å². The molecule has 3 rings (SSSR count). The number of unbranched alkanes of at least 4 members (excludes halogenated alkanes) is 3. The van der Waals surface area contributed by atoms with E-state index in [-0.39, 0.29) is 5.97 Å². The molecule has 2 aromatic rings. The Hall–Kier alpha value is -2.49. The van der Waals surface area contributed by atoms with E-state index in [1.165, 1.54) is 57.8 Å². The Bertz CT molecular complexity index is 843. The lowest BCUT2D eigenvalue weighted by molar-refractivity contribution is 0.0734. The molecular weight excluding hydrogens is 436 g/mol. The van der Waals surface area contributed by atoms with Crippen LogP contribution in [-0.2, 0) is 0 Å². The highest BCUT2D eigenvalue weighted by molar-refractivity contribution is 5.91. The first kappa shape index (κ1) is 27.1. The minimum Gasteiger partial charge on any atom is -0.494 e. The summed E-state index contributed by atoms with van der Waals surface area (Å²) in [5.41, 5.74) is 0.504. The van der Waals surface area contributed by atoms with Gasteiger partial charge in [-0.15, -0.1) is 0 Å². The number of ether oxygens (including phenoxy) is 3. The second kappa shape index (κ2) is 15.5. The Kier molecular flexibility index (Phi) is 12.0. The minimum absolute atomic E-state index is 0.375. The fourth-order valence-electron chi connectivity index (χ4n) is 5.03. The Morgan fingerprint density at radius 1 is 0.686 bits per heavy atom. The molecule has 0 N–H and O–H groups in total. The molecule has 1 aliphatic carbocycles. The van der Waals surface area contributed by atoms with Gasteiger partial charge in [0.25, 0.3) is 0 Å². The molecule has 1 saturated carbocycles. The van der Waals surface area contributed by atoms with Gasteiger partial charge in [-0.2, -0.15) is 0 Å². The summed E-state index contributed by atoms with van der Waals surface area (Å²) in [5.74, 6) is 3.54. The highest BCUT2D eigenvalue weighted by Crippen LogP contribution is 2.36. The molecule has 35 heavy (non-hydrogen) atoms. The highest BCUT2D eigenvalue weighted by atomic mass is 16.5. The van der Waals surface area contributed by atoms with Crippen LogP contribution in [0, 0.1) is 11.8 Å². The SMILES string of the molecule is CCCCCC1CCCCC1CCCOc1ccc(OC(=O)c2ccc(OCCCC)cc2)cc1. The average molecular weight is 481 g/mol. The molecular formula is C31H44O4. The van der Waals surface area contributed by atoms with Crippen LogP contribution in [0.3, 0.4) is 0 Å². The molecule has 0 heterocycles. The topological polar surface area (TPSA) is 44.8 Å². The monoisotopic (exact) mass is 480 g/mol. The van der Waals surface area contributed by atoms with Gasteiger partial charge in [-0.25, -0.2) is 4.79 Å². The fourth-order valence-corrected chi connectivity index (χ4v) is 5.03. The number of carbonyl (C=O) groups excluding carboxylic acids is 1. The zero-order valence-electron chi connectivity index (χ0n) is 21.8. The summed E-state index contributed by atoms with van der Waals surface area (Å²) in [6, 6.07) is 14.4. The molecule has 4 nitrogen and oxygen atoms in total. The molecule has 0 radical (unpaired) electrons. The first-order valence-corrected chi connectivity index (χ1v) is 13.9. The number of esters is 1. The van der Waals surface area contributed by atoms with E-state index in [2.05, 4.69) is 13.8 Å². The van der Waals surface area contributed by atoms with Crippen molar-refractivity contribution in [2.75, 3.05) is 13.2 Å². The van der Waals surface area contributed by atoms with E-state index in [4.69, 9.17) is 14.2 Å². The number of hydrogen-bond acceptors (Lipinski definition) is 4. The molecule has 0 amide bonds. The normalized spacial score (nSPS) is 17.7. The second-order valence-corrected chi connectivity index (χ2v) is 9.88. The molecule has 192 valence electrons. The summed E-state index contributed by atoms with van der Waals surface area (Å²) in [4.78, 5) is 12.4. The van der Waals surface area contributed by atoms with E-state index in [0.29, 0.717) is 17.9 Å². The van der Waals surface area contributed by atoms with E-state index in [1.807, 2.05) is 24.3 Å².